The molecule has 0 unspecified atom stereocenters. The topological polar surface area (TPSA) is 88.5 Å². The van der Waals surface area contributed by atoms with Crippen molar-refractivity contribution in [2.24, 2.45) is 7.05 Å². The number of amides is 1. The highest BCUT2D eigenvalue weighted by Gasteiger charge is 2.29. The summed E-state index contributed by atoms with van der Waals surface area (Å²) >= 11 is 0. The second-order valence-electron chi connectivity index (χ2n) is 8.11. The van der Waals surface area contributed by atoms with Gasteiger partial charge in [-0.15, -0.1) is 5.92 Å². The summed E-state index contributed by atoms with van der Waals surface area (Å²) in [6.45, 7) is 7.41. The Kier molecular flexibility index (Phi) is 5.23. The second-order valence-corrected chi connectivity index (χ2v) is 8.11. The molecule has 2 aliphatic heterocycles. The highest BCUT2D eigenvalue weighted by molar-refractivity contribution is 6.00. The molecule has 1 amide bonds. The normalized spacial score (nSPS) is 16.6. The average Bonchev–Trinajstić information content (AvgIpc) is 3.30. The van der Waals surface area contributed by atoms with Gasteiger partial charge in [0.2, 0.25) is 0 Å². The Labute approximate surface area is 186 Å². The number of nitrogens with one attached hydrogen (secondary N) is 1. The predicted octanol–water partition coefficient (Wildman–Crippen LogP) is 2.30. The number of anilines is 1. The molecule has 1 N–H and O–H groups in total. The van der Waals surface area contributed by atoms with Gasteiger partial charge in [0.15, 0.2) is 6.10 Å². The van der Waals surface area contributed by atoms with Crippen LogP contribution in [0.3, 0.4) is 0 Å². The van der Waals surface area contributed by atoms with E-state index in [0.29, 0.717) is 39.4 Å². The molecule has 0 bridgehead atoms. The second kappa shape index (κ2) is 8.20. The van der Waals surface area contributed by atoms with E-state index < -0.39 is 0 Å². The molecule has 2 fully saturated rings. The first-order valence-corrected chi connectivity index (χ1v) is 10.8. The third kappa shape index (κ3) is 3.56. The van der Waals surface area contributed by atoms with Gasteiger partial charge in [-0.3, -0.25) is 0 Å². The Balaban J connectivity index is 1.44. The van der Waals surface area contributed by atoms with Crippen LogP contribution in [0.1, 0.15) is 18.3 Å². The van der Waals surface area contributed by atoms with Gasteiger partial charge < -0.3 is 28.8 Å². The van der Waals surface area contributed by atoms with Crippen LogP contribution >= 0.6 is 0 Å². The lowest BCUT2D eigenvalue weighted by Crippen LogP contribution is -2.51. The summed E-state index contributed by atoms with van der Waals surface area (Å²) in [6, 6.07) is 2.02. The minimum Gasteiger partial charge on any atom is -0.441 e. The van der Waals surface area contributed by atoms with E-state index in [4.69, 9.17) is 9.47 Å². The Hall–Kier alpha value is -3.51. The number of piperazine rings is 1. The summed E-state index contributed by atoms with van der Waals surface area (Å²) in [5.41, 5.74) is 4.46. The van der Waals surface area contributed by atoms with Crippen molar-refractivity contribution in [2.75, 3.05) is 44.3 Å². The minimum absolute atomic E-state index is 0.107. The molecule has 0 aromatic carbocycles. The maximum atomic E-state index is 12.4. The molecule has 0 spiro atoms. The zero-order chi connectivity index (χ0) is 22.2. The third-order valence-corrected chi connectivity index (χ3v) is 6.04. The summed E-state index contributed by atoms with van der Waals surface area (Å²) in [5, 5.41) is 0.989. The molecule has 32 heavy (non-hydrogen) atoms. The molecule has 3 aromatic rings. The van der Waals surface area contributed by atoms with Crippen molar-refractivity contribution >= 4 is 22.8 Å². The molecular weight excluding hydrogens is 408 g/mol. The molecule has 9 heteroatoms. The highest BCUT2D eigenvalue weighted by atomic mass is 16.6. The summed E-state index contributed by atoms with van der Waals surface area (Å²) in [4.78, 5) is 29.1. The van der Waals surface area contributed by atoms with Crippen molar-refractivity contribution in [3.8, 4) is 23.2 Å². The molecular formula is C23H26N6O3. The SMILES string of the molecule is CC#Cc1c(-c2cn(C)c(C)n2)[nH]c2nccc(N3CCN(C(=O)OC4COC4)CC3)c12. The van der Waals surface area contributed by atoms with E-state index in [1.54, 1.807) is 4.90 Å². The van der Waals surface area contributed by atoms with Crippen LogP contribution in [0.2, 0.25) is 0 Å². The van der Waals surface area contributed by atoms with E-state index in [1.165, 1.54) is 0 Å². The largest absolute Gasteiger partial charge is 0.441 e. The first kappa shape index (κ1) is 20.4. The fraction of sp³-hybridized carbons (Fsp3) is 0.435. The number of aryl methyl sites for hydroxylation is 2. The molecule has 5 heterocycles. The number of imidazole rings is 1. The van der Waals surface area contributed by atoms with Crippen molar-refractivity contribution in [3.05, 3.63) is 29.8 Å². The van der Waals surface area contributed by atoms with Crippen LogP contribution in [0.5, 0.6) is 0 Å². The van der Waals surface area contributed by atoms with Crippen LogP contribution in [0.15, 0.2) is 18.5 Å². The highest BCUT2D eigenvalue weighted by Crippen LogP contribution is 2.35. The standard InChI is InChI=1S/C23H26N6O3/c1-4-5-17-20-19(28-8-10-29(11-9-28)23(30)32-16-13-31-14-16)6-7-24-22(20)26-21(17)18-12-27(3)15(2)25-18/h6-7,12,16H,8-11,13-14H2,1-3H3,(H,24,26). The van der Waals surface area contributed by atoms with Crippen molar-refractivity contribution in [1.82, 2.24) is 24.4 Å². The van der Waals surface area contributed by atoms with Crippen LogP contribution in [0, 0.1) is 18.8 Å². The van der Waals surface area contributed by atoms with Gasteiger partial charge in [0.25, 0.3) is 0 Å². The number of carbonyl (C=O) groups is 1. The Bertz CT molecular complexity index is 1200. The molecule has 5 rings (SSSR count). The van der Waals surface area contributed by atoms with E-state index in [-0.39, 0.29) is 12.2 Å². The lowest BCUT2D eigenvalue weighted by atomic mass is 10.1. The fourth-order valence-electron chi connectivity index (χ4n) is 4.11. The number of H-pyrrole nitrogens is 1. The number of carbonyl (C=O) groups excluding carboxylic acids is 1. The quantitative estimate of drug-likeness (QED) is 0.637. The van der Waals surface area contributed by atoms with E-state index in [9.17, 15) is 4.79 Å². The van der Waals surface area contributed by atoms with Gasteiger partial charge in [0, 0.05) is 45.6 Å². The molecule has 166 valence electrons. The summed E-state index contributed by atoms with van der Waals surface area (Å²) in [5.74, 6) is 7.25. The van der Waals surface area contributed by atoms with Gasteiger partial charge in [-0.05, 0) is 19.9 Å². The molecule has 0 atom stereocenters. The molecule has 2 saturated heterocycles. The zero-order valence-corrected chi connectivity index (χ0v) is 18.5. The number of rotatable bonds is 3. The van der Waals surface area contributed by atoms with E-state index >= 15 is 0 Å². The number of fused-ring (bicyclic) bond motifs is 1. The number of aromatic amines is 1. The van der Waals surface area contributed by atoms with Crippen molar-refractivity contribution in [2.45, 2.75) is 20.0 Å². The van der Waals surface area contributed by atoms with Gasteiger partial charge in [-0.2, -0.15) is 0 Å². The number of hydrogen-bond donors (Lipinski definition) is 1. The number of pyridine rings is 1. The monoisotopic (exact) mass is 434 g/mol. The Morgan fingerprint density at radius 1 is 1.28 bits per heavy atom. The van der Waals surface area contributed by atoms with Crippen molar-refractivity contribution in [3.63, 3.8) is 0 Å². The van der Waals surface area contributed by atoms with Gasteiger partial charge >= 0.3 is 6.09 Å². The number of hydrogen-bond acceptors (Lipinski definition) is 6. The zero-order valence-electron chi connectivity index (χ0n) is 18.5. The van der Waals surface area contributed by atoms with Crippen molar-refractivity contribution in [1.29, 1.82) is 0 Å². The van der Waals surface area contributed by atoms with Crippen LogP contribution in [-0.4, -0.2) is 76.0 Å². The average molecular weight is 435 g/mol. The predicted molar refractivity (Wildman–Crippen MR) is 120 cm³/mol. The van der Waals surface area contributed by atoms with Gasteiger partial charge in [0.1, 0.15) is 17.2 Å². The van der Waals surface area contributed by atoms with Gasteiger partial charge in [-0.1, -0.05) is 5.92 Å². The van der Waals surface area contributed by atoms with E-state index in [2.05, 4.69) is 31.7 Å². The smallest absolute Gasteiger partial charge is 0.410 e. The minimum atomic E-state index is -0.259. The van der Waals surface area contributed by atoms with E-state index in [1.807, 2.05) is 43.9 Å². The van der Waals surface area contributed by atoms with Crippen LogP contribution in [-0.2, 0) is 16.5 Å². The van der Waals surface area contributed by atoms with E-state index in [0.717, 1.165) is 39.5 Å². The fourth-order valence-corrected chi connectivity index (χ4v) is 4.11. The van der Waals surface area contributed by atoms with Crippen LogP contribution in [0.4, 0.5) is 10.5 Å². The number of ether oxygens (including phenoxy) is 2. The molecule has 9 nitrogen and oxygen atoms in total. The first-order chi connectivity index (χ1) is 15.5. The van der Waals surface area contributed by atoms with Crippen LogP contribution < -0.4 is 4.90 Å². The Morgan fingerprint density at radius 2 is 2.06 bits per heavy atom. The number of nitrogens with zero attached hydrogens (tertiary/aromatic N) is 5. The lowest BCUT2D eigenvalue weighted by Gasteiger charge is -2.37. The first-order valence-electron chi connectivity index (χ1n) is 10.8. The Morgan fingerprint density at radius 3 is 2.69 bits per heavy atom. The third-order valence-electron chi connectivity index (χ3n) is 6.04. The van der Waals surface area contributed by atoms with Gasteiger partial charge in [-0.25, -0.2) is 14.8 Å². The molecule has 0 radical (unpaired) electrons. The maximum Gasteiger partial charge on any atom is 0.410 e. The lowest BCUT2D eigenvalue weighted by molar-refractivity contribution is -0.104. The van der Waals surface area contributed by atoms with Gasteiger partial charge in [0.05, 0.1) is 35.5 Å². The van der Waals surface area contributed by atoms with Crippen molar-refractivity contribution < 1.29 is 14.3 Å². The number of aromatic nitrogens is 4. The molecule has 3 aromatic heterocycles. The molecule has 0 saturated carbocycles. The summed E-state index contributed by atoms with van der Waals surface area (Å²) in [6.07, 6.45) is 3.44. The summed E-state index contributed by atoms with van der Waals surface area (Å²) in [7, 11) is 1.98. The molecule has 0 aliphatic carbocycles. The molecule has 2 aliphatic rings. The maximum absolute atomic E-state index is 12.4. The van der Waals surface area contributed by atoms with Crippen LogP contribution in [0.25, 0.3) is 22.4 Å². The summed E-state index contributed by atoms with van der Waals surface area (Å²) < 4.78 is 12.5.